The second kappa shape index (κ2) is 5.89. The number of amides is 1. The molecule has 0 aliphatic heterocycles. The zero-order valence-electron chi connectivity index (χ0n) is 11.4. The lowest BCUT2D eigenvalue weighted by molar-refractivity contribution is -0.147. The number of carbonyl (C=O) groups excluding carboxylic acids is 2. The van der Waals surface area contributed by atoms with Crippen LogP contribution in [0.1, 0.15) is 40.5 Å². The predicted octanol–water partition coefficient (Wildman–Crippen LogP) is 2.16. The minimum Gasteiger partial charge on any atom is -0.460 e. The third kappa shape index (κ3) is 5.21. The van der Waals surface area contributed by atoms with Gasteiger partial charge in [0, 0.05) is 6.92 Å². The molecular weight excluding hydrogens is 234 g/mol. The van der Waals surface area contributed by atoms with Crippen molar-refractivity contribution in [3.63, 3.8) is 0 Å². The molecule has 1 amide bonds. The first-order chi connectivity index (χ1) is 8.28. The summed E-state index contributed by atoms with van der Waals surface area (Å²) in [5, 5.41) is 2.71. The second-order valence-corrected chi connectivity index (χ2v) is 5.33. The molecule has 0 saturated carbocycles. The Labute approximate surface area is 108 Å². The lowest BCUT2D eigenvalue weighted by atomic mass is 9.99. The molecule has 1 rings (SSSR count). The Morgan fingerprint density at radius 1 is 1.33 bits per heavy atom. The Balaban J connectivity index is 2.56. The van der Waals surface area contributed by atoms with E-state index in [0.717, 1.165) is 6.42 Å². The average molecular weight is 255 g/mol. The van der Waals surface area contributed by atoms with E-state index in [-0.39, 0.29) is 18.1 Å². The molecule has 0 bridgehead atoms. The van der Waals surface area contributed by atoms with Gasteiger partial charge in [-0.2, -0.15) is 0 Å². The number of nitrogens with one attached hydrogen (secondary N) is 1. The van der Waals surface area contributed by atoms with E-state index in [9.17, 15) is 9.59 Å². The van der Waals surface area contributed by atoms with Crippen LogP contribution in [-0.4, -0.2) is 29.8 Å². The Morgan fingerprint density at radius 2 is 2.00 bits per heavy atom. The topological polar surface area (TPSA) is 64.6 Å². The Kier molecular flexibility index (Phi) is 4.76. The SMILES string of the molecule is CC(=O)OC1CCC=CC1NC(=O)OC(C)(C)C. The Bertz CT molecular complexity index is 343. The van der Waals surface area contributed by atoms with Crippen LogP contribution in [0.2, 0.25) is 0 Å². The number of alkyl carbamates (subject to hydrolysis) is 1. The van der Waals surface area contributed by atoms with Gasteiger partial charge in [-0.25, -0.2) is 4.79 Å². The molecule has 102 valence electrons. The molecule has 0 aromatic heterocycles. The maximum atomic E-state index is 11.7. The molecule has 0 radical (unpaired) electrons. The van der Waals surface area contributed by atoms with E-state index in [0.29, 0.717) is 6.42 Å². The lowest BCUT2D eigenvalue weighted by Crippen LogP contribution is -2.46. The second-order valence-electron chi connectivity index (χ2n) is 5.33. The van der Waals surface area contributed by atoms with Gasteiger partial charge in [0.25, 0.3) is 0 Å². The van der Waals surface area contributed by atoms with Crippen molar-refractivity contribution in [2.75, 3.05) is 0 Å². The highest BCUT2D eigenvalue weighted by atomic mass is 16.6. The summed E-state index contributed by atoms with van der Waals surface area (Å²) in [5.74, 6) is -0.341. The highest BCUT2D eigenvalue weighted by Gasteiger charge is 2.27. The number of hydrogen-bond acceptors (Lipinski definition) is 4. The Morgan fingerprint density at radius 3 is 2.56 bits per heavy atom. The molecule has 0 aromatic carbocycles. The summed E-state index contributed by atoms with van der Waals surface area (Å²) in [6, 6.07) is -0.322. The summed E-state index contributed by atoms with van der Waals surface area (Å²) >= 11 is 0. The molecule has 0 saturated heterocycles. The van der Waals surface area contributed by atoms with Gasteiger partial charge in [-0.15, -0.1) is 0 Å². The van der Waals surface area contributed by atoms with Gasteiger partial charge in [0.1, 0.15) is 11.7 Å². The zero-order chi connectivity index (χ0) is 13.8. The van der Waals surface area contributed by atoms with Gasteiger partial charge in [-0.3, -0.25) is 4.79 Å². The summed E-state index contributed by atoms with van der Waals surface area (Å²) < 4.78 is 10.3. The largest absolute Gasteiger partial charge is 0.460 e. The first-order valence-electron chi connectivity index (χ1n) is 6.11. The Hall–Kier alpha value is -1.52. The van der Waals surface area contributed by atoms with Crippen LogP contribution >= 0.6 is 0 Å². The van der Waals surface area contributed by atoms with Crippen LogP contribution in [0.3, 0.4) is 0 Å². The summed E-state index contributed by atoms with van der Waals surface area (Å²) in [6.07, 6.45) is 4.51. The maximum absolute atomic E-state index is 11.7. The fourth-order valence-corrected chi connectivity index (χ4v) is 1.74. The van der Waals surface area contributed by atoms with Crippen molar-refractivity contribution >= 4 is 12.1 Å². The van der Waals surface area contributed by atoms with E-state index in [1.807, 2.05) is 12.2 Å². The lowest BCUT2D eigenvalue weighted by Gasteiger charge is -2.29. The van der Waals surface area contributed by atoms with Crippen molar-refractivity contribution in [3.05, 3.63) is 12.2 Å². The number of esters is 1. The molecule has 0 aromatic rings. The van der Waals surface area contributed by atoms with E-state index in [2.05, 4.69) is 5.32 Å². The molecule has 1 N–H and O–H groups in total. The minimum absolute atomic E-state index is 0.319. The summed E-state index contributed by atoms with van der Waals surface area (Å²) in [6.45, 7) is 6.76. The molecule has 5 nitrogen and oxygen atoms in total. The van der Waals surface area contributed by atoms with Gasteiger partial charge >= 0.3 is 12.1 Å². The predicted molar refractivity (Wildman–Crippen MR) is 67.1 cm³/mol. The number of ether oxygens (including phenoxy) is 2. The van der Waals surface area contributed by atoms with Crippen LogP contribution in [-0.2, 0) is 14.3 Å². The number of carbonyl (C=O) groups is 2. The van der Waals surface area contributed by atoms with Crippen molar-refractivity contribution in [1.82, 2.24) is 5.32 Å². The van der Waals surface area contributed by atoms with Gasteiger partial charge in [-0.1, -0.05) is 12.2 Å². The normalized spacial score (nSPS) is 23.3. The summed E-state index contributed by atoms with van der Waals surface area (Å²) in [7, 11) is 0. The average Bonchev–Trinajstić information content (AvgIpc) is 2.17. The quantitative estimate of drug-likeness (QED) is 0.606. The molecule has 1 aliphatic rings. The maximum Gasteiger partial charge on any atom is 0.408 e. The van der Waals surface area contributed by atoms with Crippen LogP contribution in [0.25, 0.3) is 0 Å². The van der Waals surface area contributed by atoms with Gasteiger partial charge in [0.05, 0.1) is 6.04 Å². The first-order valence-corrected chi connectivity index (χ1v) is 6.11. The summed E-state index contributed by atoms with van der Waals surface area (Å²) in [4.78, 5) is 22.6. The highest BCUT2D eigenvalue weighted by molar-refractivity contribution is 5.69. The number of hydrogen-bond donors (Lipinski definition) is 1. The fraction of sp³-hybridized carbons (Fsp3) is 0.692. The monoisotopic (exact) mass is 255 g/mol. The molecule has 2 atom stereocenters. The first kappa shape index (κ1) is 14.5. The van der Waals surface area contributed by atoms with E-state index < -0.39 is 11.7 Å². The third-order valence-electron chi connectivity index (χ3n) is 2.36. The van der Waals surface area contributed by atoms with Crippen molar-refractivity contribution in [2.45, 2.75) is 58.3 Å². The zero-order valence-corrected chi connectivity index (χ0v) is 11.4. The summed E-state index contributed by atoms with van der Waals surface area (Å²) in [5.41, 5.74) is -0.542. The van der Waals surface area contributed by atoms with Crippen LogP contribution in [0.5, 0.6) is 0 Å². The van der Waals surface area contributed by atoms with E-state index in [1.165, 1.54) is 6.92 Å². The van der Waals surface area contributed by atoms with Crippen molar-refractivity contribution in [3.8, 4) is 0 Å². The smallest absolute Gasteiger partial charge is 0.408 e. The van der Waals surface area contributed by atoms with Crippen molar-refractivity contribution in [1.29, 1.82) is 0 Å². The molecule has 18 heavy (non-hydrogen) atoms. The fourth-order valence-electron chi connectivity index (χ4n) is 1.74. The van der Waals surface area contributed by atoms with Crippen LogP contribution in [0.4, 0.5) is 4.79 Å². The van der Waals surface area contributed by atoms with E-state index >= 15 is 0 Å². The molecule has 0 fully saturated rings. The molecule has 2 unspecified atom stereocenters. The van der Waals surface area contributed by atoms with Gasteiger partial charge in [0.2, 0.25) is 0 Å². The van der Waals surface area contributed by atoms with Crippen LogP contribution in [0, 0.1) is 0 Å². The minimum atomic E-state index is -0.542. The highest BCUT2D eigenvalue weighted by Crippen LogP contribution is 2.16. The van der Waals surface area contributed by atoms with Crippen molar-refractivity contribution < 1.29 is 19.1 Å². The van der Waals surface area contributed by atoms with E-state index in [4.69, 9.17) is 9.47 Å². The molecular formula is C13H21NO4. The number of allylic oxidation sites excluding steroid dienone is 1. The van der Waals surface area contributed by atoms with Gasteiger partial charge in [-0.05, 0) is 33.6 Å². The molecule has 1 aliphatic carbocycles. The van der Waals surface area contributed by atoms with Gasteiger partial charge in [0.15, 0.2) is 0 Å². The van der Waals surface area contributed by atoms with Crippen molar-refractivity contribution in [2.24, 2.45) is 0 Å². The molecule has 0 spiro atoms. The third-order valence-corrected chi connectivity index (χ3v) is 2.36. The van der Waals surface area contributed by atoms with E-state index in [1.54, 1.807) is 20.8 Å². The van der Waals surface area contributed by atoms with Crippen LogP contribution in [0.15, 0.2) is 12.2 Å². The van der Waals surface area contributed by atoms with Gasteiger partial charge < -0.3 is 14.8 Å². The molecule has 0 heterocycles. The molecule has 5 heteroatoms. The van der Waals surface area contributed by atoms with Crippen LogP contribution < -0.4 is 5.32 Å². The standard InChI is InChI=1S/C13H21NO4/c1-9(15)17-11-8-6-5-7-10(11)14-12(16)18-13(2,3)4/h5,7,10-11H,6,8H2,1-4H3,(H,14,16). The number of rotatable bonds is 2.